The molecule has 1 N–H and O–H groups in total. The molecule has 2 aromatic rings. The summed E-state index contributed by atoms with van der Waals surface area (Å²) in [5.74, 6) is 0.792. The zero-order valence-corrected chi connectivity index (χ0v) is 15.6. The number of carbonyl (C=O) groups is 2. The number of hydrogen-bond acceptors (Lipinski definition) is 4. The zero-order valence-electron chi connectivity index (χ0n) is 15.6. The Hall–Kier alpha value is -2.83. The lowest BCUT2D eigenvalue weighted by Crippen LogP contribution is -2.34. The van der Waals surface area contributed by atoms with Crippen LogP contribution in [0.4, 0.5) is 5.69 Å². The van der Waals surface area contributed by atoms with E-state index in [1.54, 1.807) is 24.0 Å². The van der Waals surface area contributed by atoms with Crippen LogP contribution in [0.2, 0.25) is 0 Å². The standard InChI is InChI=1S/C20H24N4O3/c1-23(12-15-10-16(22-21-15)13-7-8-13)20(26)14-9-19(25)24(11-14)17-5-3-4-6-18(17)27-2/h3-6,10,13-14H,7-9,11-12H2,1-2H3,(H,21,22)/t14-/m1/s1. The first-order chi connectivity index (χ1) is 13.1. The van der Waals surface area contributed by atoms with E-state index >= 15 is 0 Å². The largest absolute Gasteiger partial charge is 0.495 e. The molecule has 27 heavy (non-hydrogen) atoms. The minimum absolute atomic E-state index is 0.0247. The van der Waals surface area contributed by atoms with Gasteiger partial charge in [-0.1, -0.05) is 12.1 Å². The highest BCUT2D eigenvalue weighted by Gasteiger charge is 2.37. The first kappa shape index (κ1) is 17.6. The van der Waals surface area contributed by atoms with Crippen molar-refractivity contribution in [1.82, 2.24) is 15.1 Å². The number of methoxy groups -OCH3 is 1. The Morgan fingerprint density at radius 2 is 2.15 bits per heavy atom. The average molecular weight is 368 g/mol. The molecule has 1 aromatic heterocycles. The highest BCUT2D eigenvalue weighted by Crippen LogP contribution is 2.39. The number of rotatable bonds is 6. The van der Waals surface area contributed by atoms with Crippen LogP contribution in [-0.2, 0) is 16.1 Å². The molecular weight excluding hydrogens is 344 g/mol. The lowest BCUT2D eigenvalue weighted by Gasteiger charge is -2.22. The van der Waals surface area contributed by atoms with E-state index in [0.717, 1.165) is 11.4 Å². The summed E-state index contributed by atoms with van der Waals surface area (Å²) in [7, 11) is 3.35. The van der Waals surface area contributed by atoms with E-state index in [4.69, 9.17) is 4.74 Å². The van der Waals surface area contributed by atoms with Gasteiger partial charge in [0.2, 0.25) is 11.8 Å². The van der Waals surface area contributed by atoms with Crippen molar-refractivity contribution in [2.75, 3.05) is 25.6 Å². The predicted molar refractivity (Wildman–Crippen MR) is 100 cm³/mol. The fourth-order valence-electron chi connectivity index (χ4n) is 3.65. The van der Waals surface area contributed by atoms with E-state index in [-0.39, 0.29) is 24.2 Å². The van der Waals surface area contributed by atoms with E-state index in [1.807, 2.05) is 30.3 Å². The fourth-order valence-corrected chi connectivity index (χ4v) is 3.65. The molecule has 7 heteroatoms. The first-order valence-corrected chi connectivity index (χ1v) is 9.29. The van der Waals surface area contributed by atoms with Gasteiger partial charge in [0.15, 0.2) is 0 Å². The van der Waals surface area contributed by atoms with Gasteiger partial charge in [0, 0.05) is 25.9 Å². The number of hydrogen-bond donors (Lipinski definition) is 1. The summed E-state index contributed by atoms with van der Waals surface area (Å²) in [4.78, 5) is 28.7. The number of nitrogens with one attached hydrogen (secondary N) is 1. The molecule has 1 saturated heterocycles. The molecule has 0 radical (unpaired) electrons. The Morgan fingerprint density at radius 1 is 1.37 bits per heavy atom. The third kappa shape index (κ3) is 3.54. The van der Waals surface area contributed by atoms with Gasteiger partial charge in [0.05, 0.1) is 36.6 Å². The smallest absolute Gasteiger partial charge is 0.228 e. The number of amides is 2. The van der Waals surface area contributed by atoms with Crippen LogP contribution in [0, 0.1) is 5.92 Å². The van der Waals surface area contributed by atoms with Gasteiger partial charge in [-0.3, -0.25) is 14.7 Å². The van der Waals surface area contributed by atoms with Crippen LogP contribution in [0.5, 0.6) is 5.75 Å². The monoisotopic (exact) mass is 368 g/mol. The Kier molecular flexibility index (Phi) is 4.59. The SMILES string of the molecule is COc1ccccc1N1C[C@H](C(=O)N(C)Cc2cc(C3CC3)n[nH]2)CC1=O. The van der Waals surface area contributed by atoms with Gasteiger partial charge in [-0.25, -0.2) is 0 Å². The predicted octanol–water partition coefficient (Wildman–Crippen LogP) is 2.31. The number of anilines is 1. The van der Waals surface area contributed by atoms with Crippen LogP contribution in [-0.4, -0.2) is 47.6 Å². The summed E-state index contributed by atoms with van der Waals surface area (Å²) in [5.41, 5.74) is 2.73. The van der Waals surface area contributed by atoms with Crippen molar-refractivity contribution in [1.29, 1.82) is 0 Å². The third-order valence-electron chi connectivity index (χ3n) is 5.28. The van der Waals surface area contributed by atoms with Crippen LogP contribution >= 0.6 is 0 Å². The second-order valence-corrected chi connectivity index (χ2v) is 7.36. The maximum atomic E-state index is 12.9. The Labute approximate surface area is 158 Å². The molecule has 1 aliphatic heterocycles. The number of benzene rings is 1. The molecule has 4 rings (SSSR count). The van der Waals surface area contributed by atoms with Crippen molar-refractivity contribution in [3.8, 4) is 5.75 Å². The number of aromatic nitrogens is 2. The molecule has 2 fully saturated rings. The van der Waals surface area contributed by atoms with E-state index < -0.39 is 0 Å². The van der Waals surface area contributed by atoms with Gasteiger partial charge in [-0.15, -0.1) is 0 Å². The summed E-state index contributed by atoms with van der Waals surface area (Å²) >= 11 is 0. The van der Waals surface area contributed by atoms with Crippen LogP contribution in [0.1, 0.15) is 36.6 Å². The van der Waals surface area contributed by atoms with Gasteiger partial charge >= 0.3 is 0 Å². The van der Waals surface area contributed by atoms with Gasteiger partial charge in [0.25, 0.3) is 0 Å². The molecule has 1 saturated carbocycles. The molecule has 2 amide bonds. The fraction of sp³-hybridized carbons (Fsp3) is 0.450. The van der Waals surface area contributed by atoms with Gasteiger partial charge in [0.1, 0.15) is 5.75 Å². The first-order valence-electron chi connectivity index (χ1n) is 9.29. The maximum absolute atomic E-state index is 12.9. The molecule has 1 aliphatic carbocycles. The molecule has 142 valence electrons. The second-order valence-electron chi connectivity index (χ2n) is 7.36. The third-order valence-corrected chi connectivity index (χ3v) is 5.28. The van der Waals surface area contributed by atoms with Crippen molar-refractivity contribution in [3.05, 3.63) is 41.7 Å². The minimum Gasteiger partial charge on any atom is -0.495 e. The Morgan fingerprint density at radius 3 is 2.89 bits per heavy atom. The average Bonchev–Trinajstić information content (AvgIpc) is 3.31. The number of nitrogens with zero attached hydrogens (tertiary/aromatic N) is 3. The molecule has 1 aromatic carbocycles. The maximum Gasteiger partial charge on any atom is 0.228 e. The molecule has 0 unspecified atom stereocenters. The molecule has 1 atom stereocenters. The van der Waals surface area contributed by atoms with E-state index in [2.05, 4.69) is 10.2 Å². The molecule has 7 nitrogen and oxygen atoms in total. The van der Waals surface area contributed by atoms with Crippen LogP contribution in [0.15, 0.2) is 30.3 Å². The summed E-state index contributed by atoms with van der Waals surface area (Å²) < 4.78 is 5.35. The Balaban J connectivity index is 1.42. The van der Waals surface area contributed by atoms with Crippen molar-refractivity contribution in [2.45, 2.75) is 31.7 Å². The van der Waals surface area contributed by atoms with Crippen molar-refractivity contribution in [3.63, 3.8) is 0 Å². The van der Waals surface area contributed by atoms with Gasteiger partial charge in [-0.2, -0.15) is 5.10 Å². The minimum atomic E-state index is -0.349. The molecule has 0 spiro atoms. The molecule has 2 aliphatic rings. The molecular formula is C20H24N4O3. The van der Waals surface area contributed by atoms with E-state index in [1.165, 1.54) is 12.8 Å². The van der Waals surface area contributed by atoms with Gasteiger partial charge in [-0.05, 0) is 31.0 Å². The van der Waals surface area contributed by atoms with Crippen molar-refractivity contribution in [2.24, 2.45) is 5.92 Å². The lowest BCUT2D eigenvalue weighted by molar-refractivity contribution is -0.135. The Bertz CT molecular complexity index is 858. The summed E-state index contributed by atoms with van der Waals surface area (Å²) in [6.45, 7) is 0.844. The van der Waals surface area contributed by atoms with Gasteiger partial charge < -0.3 is 14.5 Å². The second kappa shape index (κ2) is 7.06. The lowest BCUT2D eigenvalue weighted by atomic mass is 10.1. The number of para-hydroxylation sites is 2. The highest BCUT2D eigenvalue weighted by molar-refractivity contribution is 6.01. The summed E-state index contributed by atoms with van der Waals surface area (Å²) in [6, 6.07) is 9.43. The molecule has 2 heterocycles. The van der Waals surface area contributed by atoms with Crippen LogP contribution in [0.25, 0.3) is 0 Å². The van der Waals surface area contributed by atoms with Crippen LogP contribution < -0.4 is 9.64 Å². The molecule has 0 bridgehead atoms. The summed E-state index contributed by atoms with van der Waals surface area (Å²) in [5, 5.41) is 7.36. The quantitative estimate of drug-likeness (QED) is 0.849. The number of aromatic amines is 1. The topological polar surface area (TPSA) is 78.5 Å². The van der Waals surface area contributed by atoms with E-state index in [0.29, 0.717) is 30.4 Å². The van der Waals surface area contributed by atoms with Crippen molar-refractivity contribution < 1.29 is 14.3 Å². The highest BCUT2D eigenvalue weighted by atomic mass is 16.5. The van der Waals surface area contributed by atoms with Crippen molar-refractivity contribution >= 4 is 17.5 Å². The number of carbonyl (C=O) groups excluding carboxylic acids is 2. The zero-order chi connectivity index (χ0) is 19.0. The normalized spacial score (nSPS) is 19.4. The summed E-state index contributed by atoms with van der Waals surface area (Å²) in [6.07, 6.45) is 2.61. The number of H-pyrrole nitrogens is 1. The van der Waals surface area contributed by atoms with Crippen LogP contribution in [0.3, 0.4) is 0 Å². The van der Waals surface area contributed by atoms with E-state index in [9.17, 15) is 9.59 Å². The number of ether oxygens (including phenoxy) is 1.